The van der Waals surface area contributed by atoms with Crippen LogP contribution in [0.5, 0.6) is 0 Å². The Morgan fingerprint density at radius 1 is 1.54 bits per heavy atom. The molecule has 3 heteroatoms. The third-order valence-corrected chi connectivity index (χ3v) is 2.65. The Balaban J connectivity index is 2.54. The molecule has 1 fully saturated rings. The van der Waals surface area contributed by atoms with Gasteiger partial charge in [-0.25, -0.2) is 0 Å². The zero-order chi connectivity index (χ0) is 10.0. The van der Waals surface area contributed by atoms with Crippen LogP contribution in [0.25, 0.3) is 0 Å². The first kappa shape index (κ1) is 10.5. The average Bonchev–Trinajstić information content (AvgIpc) is 2.29. The lowest BCUT2D eigenvalue weighted by molar-refractivity contribution is -0.126. The van der Waals surface area contributed by atoms with E-state index in [1.165, 1.54) is 0 Å². The molecule has 2 atom stereocenters. The minimum absolute atomic E-state index is 0.0856. The molecule has 0 aromatic heterocycles. The molecule has 0 aromatic carbocycles. The van der Waals surface area contributed by atoms with Crippen LogP contribution in [0.15, 0.2) is 0 Å². The molecule has 1 N–H and O–H groups in total. The predicted molar refractivity (Wildman–Crippen MR) is 53.5 cm³/mol. The quantitative estimate of drug-likeness (QED) is 0.690. The maximum absolute atomic E-state index is 11.7. The summed E-state index contributed by atoms with van der Waals surface area (Å²) < 4.78 is 0. The van der Waals surface area contributed by atoms with Crippen LogP contribution in [0, 0.1) is 5.92 Å². The number of hydrogen-bond acceptors (Lipinski definition) is 2. The standard InChI is InChI=1S/C10H20N2O/c1-7(2)11-10(13)9-8(3)5-6-12(9)4/h7-9H,5-6H2,1-4H3,(H,11,13)/t8-,9?/m0/s1. The Labute approximate surface area is 80.5 Å². The average molecular weight is 184 g/mol. The second-order valence-electron chi connectivity index (χ2n) is 4.35. The van der Waals surface area contributed by atoms with Crippen LogP contribution in [0.2, 0.25) is 0 Å². The molecule has 1 heterocycles. The number of carbonyl (C=O) groups is 1. The maximum Gasteiger partial charge on any atom is 0.237 e. The topological polar surface area (TPSA) is 32.3 Å². The van der Waals surface area contributed by atoms with Crippen LogP contribution < -0.4 is 5.32 Å². The van der Waals surface area contributed by atoms with Gasteiger partial charge in [-0.15, -0.1) is 0 Å². The number of carbonyl (C=O) groups excluding carboxylic acids is 1. The van der Waals surface area contributed by atoms with Gasteiger partial charge in [0, 0.05) is 6.04 Å². The summed E-state index contributed by atoms with van der Waals surface area (Å²) in [6.07, 6.45) is 1.13. The van der Waals surface area contributed by atoms with Crippen LogP contribution in [-0.4, -0.2) is 36.5 Å². The molecular formula is C10H20N2O. The third-order valence-electron chi connectivity index (χ3n) is 2.65. The van der Waals surface area contributed by atoms with E-state index >= 15 is 0 Å². The van der Waals surface area contributed by atoms with E-state index in [9.17, 15) is 4.79 Å². The molecule has 1 rings (SSSR count). The Kier molecular flexibility index (Phi) is 3.31. The van der Waals surface area contributed by atoms with Crippen LogP contribution in [0.3, 0.4) is 0 Å². The molecule has 3 nitrogen and oxygen atoms in total. The molecule has 1 unspecified atom stereocenters. The minimum Gasteiger partial charge on any atom is -0.353 e. The number of likely N-dealkylation sites (tertiary alicyclic amines) is 1. The Hall–Kier alpha value is -0.570. The summed E-state index contributed by atoms with van der Waals surface area (Å²) in [7, 11) is 2.02. The van der Waals surface area contributed by atoms with Crippen LogP contribution in [0.1, 0.15) is 27.2 Å². The SMILES string of the molecule is CC(C)NC(=O)C1[C@@H](C)CCN1C. The predicted octanol–water partition coefficient (Wildman–Crippen LogP) is 0.851. The number of hydrogen-bond donors (Lipinski definition) is 1. The van der Waals surface area contributed by atoms with Gasteiger partial charge >= 0.3 is 0 Å². The number of nitrogens with one attached hydrogen (secondary N) is 1. The summed E-state index contributed by atoms with van der Waals surface area (Å²) in [6.45, 7) is 7.18. The zero-order valence-corrected chi connectivity index (χ0v) is 9.00. The maximum atomic E-state index is 11.7. The van der Waals surface area contributed by atoms with Gasteiger partial charge in [0.2, 0.25) is 5.91 Å². The zero-order valence-electron chi connectivity index (χ0n) is 9.00. The Morgan fingerprint density at radius 3 is 2.54 bits per heavy atom. The van der Waals surface area contributed by atoms with Gasteiger partial charge in [-0.05, 0) is 39.8 Å². The highest BCUT2D eigenvalue weighted by atomic mass is 16.2. The lowest BCUT2D eigenvalue weighted by atomic mass is 10.0. The monoisotopic (exact) mass is 184 g/mol. The molecule has 76 valence electrons. The summed E-state index contributed by atoms with van der Waals surface area (Å²) in [5.41, 5.74) is 0. The van der Waals surface area contributed by atoms with Crippen molar-refractivity contribution in [1.82, 2.24) is 10.2 Å². The molecule has 0 aromatic rings. The van der Waals surface area contributed by atoms with Crippen molar-refractivity contribution in [3.8, 4) is 0 Å². The molecule has 0 aliphatic carbocycles. The normalized spacial score (nSPS) is 29.6. The van der Waals surface area contributed by atoms with Crippen molar-refractivity contribution in [3.05, 3.63) is 0 Å². The lowest BCUT2D eigenvalue weighted by Crippen LogP contribution is -2.46. The van der Waals surface area contributed by atoms with E-state index in [0.29, 0.717) is 5.92 Å². The summed E-state index contributed by atoms with van der Waals surface area (Å²) in [4.78, 5) is 13.9. The Bertz CT molecular complexity index is 181. The highest BCUT2D eigenvalue weighted by molar-refractivity contribution is 5.82. The summed E-state index contributed by atoms with van der Waals surface area (Å²) >= 11 is 0. The largest absolute Gasteiger partial charge is 0.353 e. The molecule has 0 saturated carbocycles. The molecule has 0 bridgehead atoms. The van der Waals surface area contributed by atoms with Crippen LogP contribution in [0.4, 0.5) is 0 Å². The van der Waals surface area contributed by atoms with E-state index in [0.717, 1.165) is 13.0 Å². The van der Waals surface area contributed by atoms with E-state index < -0.39 is 0 Å². The van der Waals surface area contributed by atoms with Crippen molar-refractivity contribution in [3.63, 3.8) is 0 Å². The molecule has 13 heavy (non-hydrogen) atoms. The van der Waals surface area contributed by atoms with Crippen molar-refractivity contribution in [2.45, 2.75) is 39.3 Å². The van der Waals surface area contributed by atoms with E-state index in [2.05, 4.69) is 17.1 Å². The number of rotatable bonds is 2. The fraction of sp³-hybridized carbons (Fsp3) is 0.900. The molecule has 1 aliphatic heterocycles. The van der Waals surface area contributed by atoms with Gasteiger partial charge in [0.05, 0.1) is 6.04 Å². The first-order valence-corrected chi connectivity index (χ1v) is 5.03. The van der Waals surface area contributed by atoms with Gasteiger partial charge < -0.3 is 5.32 Å². The number of likely N-dealkylation sites (N-methyl/N-ethyl adjacent to an activating group) is 1. The van der Waals surface area contributed by atoms with E-state index in [1.54, 1.807) is 0 Å². The van der Waals surface area contributed by atoms with Crippen molar-refractivity contribution in [2.75, 3.05) is 13.6 Å². The van der Waals surface area contributed by atoms with E-state index in [-0.39, 0.29) is 18.0 Å². The molecular weight excluding hydrogens is 164 g/mol. The summed E-state index contributed by atoms with van der Waals surface area (Å²) in [5, 5.41) is 2.96. The highest BCUT2D eigenvalue weighted by Crippen LogP contribution is 2.22. The second kappa shape index (κ2) is 4.09. The fourth-order valence-corrected chi connectivity index (χ4v) is 1.97. The molecule has 1 saturated heterocycles. The summed E-state index contributed by atoms with van der Waals surface area (Å²) in [6, 6.07) is 0.330. The van der Waals surface area contributed by atoms with Gasteiger partial charge in [-0.1, -0.05) is 6.92 Å². The first-order valence-electron chi connectivity index (χ1n) is 5.03. The molecule has 0 radical (unpaired) electrons. The summed E-state index contributed by atoms with van der Waals surface area (Å²) in [5.74, 6) is 0.672. The van der Waals surface area contributed by atoms with Gasteiger partial charge in [-0.2, -0.15) is 0 Å². The van der Waals surface area contributed by atoms with Gasteiger partial charge in [0.25, 0.3) is 0 Å². The van der Waals surface area contributed by atoms with Gasteiger partial charge in [0.1, 0.15) is 0 Å². The number of nitrogens with zero attached hydrogens (tertiary/aromatic N) is 1. The van der Waals surface area contributed by atoms with Crippen molar-refractivity contribution < 1.29 is 4.79 Å². The fourth-order valence-electron chi connectivity index (χ4n) is 1.97. The van der Waals surface area contributed by atoms with Crippen molar-refractivity contribution >= 4 is 5.91 Å². The van der Waals surface area contributed by atoms with Crippen LogP contribution >= 0.6 is 0 Å². The molecule has 1 amide bonds. The Morgan fingerprint density at radius 2 is 2.15 bits per heavy atom. The second-order valence-corrected chi connectivity index (χ2v) is 4.35. The van der Waals surface area contributed by atoms with E-state index in [1.807, 2.05) is 20.9 Å². The first-order chi connectivity index (χ1) is 6.02. The van der Waals surface area contributed by atoms with E-state index in [4.69, 9.17) is 0 Å². The molecule has 1 aliphatic rings. The molecule has 0 spiro atoms. The lowest BCUT2D eigenvalue weighted by Gasteiger charge is -2.23. The van der Waals surface area contributed by atoms with Gasteiger partial charge in [0.15, 0.2) is 0 Å². The third kappa shape index (κ3) is 2.44. The highest BCUT2D eigenvalue weighted by Gasteiger charge is 2.34. The van der Waals surface area contributed by atoms with Crippen molar-refractivity contribution in [1.29, 1.82) is 0 Å². The number of amides is 1. The van der Waals surface area contributed by atoms with Crippen molar-refractivity contribution in [2.24, 2.45) is 5.92 Å². The smallest absolute Gasteiger partial charge is 0.237 e. The minimum atomic E-state index is 0.0856. The van der Waals surface area contributed by atoms with Gasteiger partial charge in [-0.3, -0.25) is 9.69 Å². The van der Waals surface area contributed by atoms with Crippen LogP contribution in [-0.2, 0) is 4.79 Å².